The molecule has 0 aliphatic rings. The van der Waals surface area contributed by atoms with Crippen LogP contribution in [0.2, 0.25) is 0 Å². The third-order valence-electron chi connectivity index (χ3n) is 2.41. The third kappa shape index (κ3) is 4.84. The zero-order valence-corrected chi connectivity index (χ0v) is 10.3. The summed E-state index contributed by atoms with van der Waals surface area (Å²) in [6.45, 7) is 4.43. The van der Waals surface area contributed by atoms with Gasteiger partial charge in [0.25, 0.3) is 0 Å². The molecular weight excluding hydrogens is 192 g/mol. The first-order valence-electron chi connectivity index (χ1n) is 6.11. The maximum atomic E-state index is 3.17. The van der Waals surface area contributed by atoms with Gasteiger partial charge in [-0.25, -0.2) is 0 Å². The van der Waals surface area contributed by atoms with Crippen molar-refractivity contribution >= 4 is 0 Å². The monoisotopic (exact) mass is 212 g/mol. The molecule has 0 radical (unpaired) electrons. The van der Waals surface area contributed by atoms with Crippen LogP contribution in [0.25, 0.3) is 0 Å². The molecule has 0 amide bonds. The summed E-state index contributed by atoms with van der Waals surface area (Å²) in [6, 6.07) is 10.1. The number of benzene rings is 1. The van der Waals surface area contributed by atoms with E-state index in [1.54, 1.807) is 0 Å². The van der Waals surface area contributed by atoms with Crippen LogP contribution in [-0.4, -0.2) is 0 Å². The quantitative estimate of drug-likeness (QED) is 0.642. The zero-order valence-electron chi connectivity index (χ0n) is 10.3. The molecule has 0 spiro atoms. The summed E-state index contributed by atoms with van der Waals surface area (Å²) in [6.07, 6.45) is 6.87. The van der Waals surface area contributed by atoms with E-state index in [0.29, 0.717) is 0 Å². The predicted octanol–water partition coefficient (Wildman–Crippen LogP) is 4.56. The van der Waals surface area contributed by atoms with Gasteiger partial charge in [-0.1, -0.05) is 62.3 Å². The Kier molecular flexibility index (Phi) is 6.11. The maximum absolute atomic E-state index is 3.17. The molecule has 1 aromatic carbocycles. The van der Waals surface area contributed by atoms with Crippen molar-refractivity contribution in [2.75, 3.05) is 0 Å². The van der Waals surface area contributed by atoms with Crippen LogP contribution < -0.4 is 0 Å². The summed E-state index contributed by atoms with van der Waals surface area (Å²) in [7, 11) is 0. The minimum atomic E-state index is 1.09. The standard InChI is InChI=1S/C16H20/c1-3-9-15(10-4-2)13-8-14-16-11-6-5-7-12-16/h5-7,11-13H,3-4,9-10H2,1-2H3. The number of hydrogen-bond donors (Lipinski definition) is 0. The molecule has 84 valence electrons. The molecule has 0 N–H and O–H groups in total. The molecule has 0 fully saturated rings. The lowest BCUT2D eigenvalue weighted by Crippen LogP contribution is -1.81. The maximum Gasteiger partial charge on any atom is 0.0248 e. The average molecular weight is 212 g/mol. The first-order valence-corrected chi connectivity index (χ1v) is 6.11. The lowest BCUT2D eigenvalue weighted by Gasteiger charge is -2.00. The second-order valence-corrected chi connectivity index (χ2v) is 3.94. The molecule has 0 heterocycles. The Labute approximate surface area is 99.4 Å². The highest BCUT2D eigenvalue weighted by Crippen LogP contribution is 2.11. The first-order chi connectivity index (χ1) is 7.86. The summed E-state index contributed by atoms with van der Waals surface area (Å²) < 4.78 is 0. The minimum absolute atomic E-state index is 1.09. The summed E-state index contributed by atoms with van der Waals surface area (Å²) in [4.78, 5) is 0. The number of allylic oxidation sites excluding steroid dienone is 2. The van der Waals surface area contributed by atoms with Gasteiger partial charge in [-0.05, 0) is 31.1 Å². The highest BCUT2D eigenvalue weighted by Gasteiger charge is 1.92. The summed E-state index contributed by atoms with van der Waals surface area (Å²) >= 11 is 0. The van der Waals surface area contributed by atoms with Crippen molar-refractivity contribution in [1.82, 2.24) is 0 Å². The second-order valence-electron chi connectivity index (χ2n) is 3.94. The highest BCUT2D eigenvalue weighted by atomic mass is 14.0. The van der Waals surface area contributed by atoms with Gasteiger partial charge in [0.2, 0.25) is 0 Å². The van der Waals surface area contributed by atoms with Crippen molar-refractivity contribution in [1.29, 1.82) is 0 Å². The van der Waals surface area contributed by atoms with Crippen molar-refractivity contribution in [3.05, 3.63) is 47.5 Å². The van der Waals surface area contributed by atoms with Crippen LogP contribution in [0.5, 0.6) is 0 Å². The lowest BCUT2D eigenvalue weighted by atomic mass is 10.1. The van der Waals surface area contributed by atoms with Crippen LogP contribution in [0.3, 0.4) is 0 Å². The molecule has 0 bridgehead atoms. The number of rotatable bonds is 4. The van der Waals surface area contributed by atoms with Crippen LogP contribution in [0.1, 0.15) is 45.1 Å². The molecule has 0 aliphatic heterocycles. The Hall–Kier alpha value is -1.48. The number of hydrogen-bond acceptors (Lipinski definition) is 0. The fourth-order valence-corrected chi connectivity index (χ4v) is 1.65. The summed E-state index contributed by atoms with van der Waals surface area (Å²) in [5, 5.41) is 0. The van der Waals surface area contributed by atoms with Gasteiger partial charge in [0.15, 0.2) is 0 Å². The van der Waals surface area contributed by atoms with E-state index >= 15 is 0 Å². The van der Waals surface area contributed by atoms with Crippen molar-refractivity contribution in [3.63, 3.8) is 0 Å². The molecule has 0 saturated carbocycles. The topological polar surface area (TPSA) is 0 Å². The Morgan fingerprint density at radius 1 is 1.06 bits per heavy atom. The molecule has 1 rings (SSSR count). The van der Waals surface area contributed by atoms with Gasteiger partial charge in [0, 0.05) is 5.56 Å². The fourth-order valence-electron chi connectivity index (χ4n) is 1.65. The fraction of sp³-hybridized carbons (Fsp3) is 0.375. The predicted molar refractivity (Wildman–Crippen MR) is 71.2 cm³/mol. The van der Waals surface area contributed by atoms with E-state index in [4.69, 9.17) is 0 Å². The lowest BCUT2D eigenvalue weighted by molar-refractivity contribution is 0.804. The molecular formula is C16H20. The normalized spacial score (nSPS) is 9.12. The Morgan fingerprint density at radius 3 is 2.25 bits per heavy atom. The smallest absolute Gasteiger partial charge is 0.0248 e. The van der Waals surface area contributed by atoms with Crippen molar-refractivity contribution < 1.29 is 0 Å². The molecule has 16 heavy (non-hydrogen) atoms. The van der Waals surface area contributed by atoms with Crippen molar-refractivity contribution in [3.8, 4) is 11.8 Å². The molecule has 1 aromatic rings. The minimum Gasteiger partial charge on any atom is -0.0697 e. The zero-order chi connectivity index (χ0) is 11.6. The Balaban J connectivity index is 2.65. The van der Waals surface area contributed by atoms with Crippen molar-refractivity contribution in [2.24, 2.45) is 0 Å². The summed E-state index contributed by atoms with van der Waals surface area (Å²) in [5.41, 5.74) is 2.57. The van der Waals surface area contributed by atoms with Gasteiger partial charge >= 0.3 is 0 Å². The largest absolute Gasteiger partial charge is 0.0697 e. The van der Waals surface area contributed by atoms with E-state index in [1.165, 1.54) is 31.3 Å². The average Bonchev–Trinajstić information content (AvgIpc) is 2.31. The highest BCUT2D eigenvalue weighted by molar-refractivity contribution is 5.37. The van der Waals surface area contributed by atoms with Crippen molar-refractivity contribution in [2.45, 2.75) is 39.5 Å². The summed E-state index contributed by atoms with van der Waals surface area (Å²) in [5.74, 6) is 6.32. The Bertz CT molecular complexity index is 365. The van der Waals surface area contributed by atoms with Gasteiger partial charge in [0.1, 0.15) is 0 Å². The van der Waals surface area contributed by atoms with Gasteiger partial charge in [-0.2, -0.15) is 0 Å². The van der Waals surface area contributed by atoms with E-state index in [9.17, 15) is 0 Å². The van der Waals surface area contributed by atoms with Gasteiger partial charge in [-0.15, -0.1) is 0 Å². The van der Waals surface area contributed by atoms with E-state index in [0.717, 1.165) is 5.56 Å². The first kappa shape index (κ1) is 12.6. The molecule has 0 aromatic heterocycles. The molecule has 0 heteroatoms. The van der Waals surface area contributed by atoms with E-state index in [1.807, 2.05) is 30.3 Å². The molecule has 0 unspecified atom stereocenters. The molecule has 0 aliphatic carbocycles. The van der Waals surface area contributed by atoms with Crippen LogP contribution in [0, 0.1) is 11.8 Å². The van der Waals surface area contributed by atoms with Crippen LogP contribution >= 0.6 is 0 Å². The van der Waals surface area contributed by atoms with E-state index in [2.05, 4.69) is 31.8 Å². The van der Waals surface area contributed by atoms with Crippen LogP contribution in [-0.2, 0) is 0 Å². The van der Waals surface area contributed by atoms with Gasteiger partial charge in [-0.3, -0.25) is 0 Å². The Morgan fingerprint density at radius 2 is 1.69 bits per heavy atom. The second kappa shape index (κ2) is 7.77. The van der Waals surface area contributed by atoms with E-state index < -0.39 is 0 Å². The van der Waals surface area contributed by atoms with Crippen LogP contribution in [0.4, 0.5) is 0 Å². The molecule has 0 nitrogen and oxygen atoms in total. The SMILES string of the molecule is CCCC(=CC#Cc1ccccc1)CCC. The van der Waals surface area contributed by atoms with Gasteiger partial charge < -0.3 is 0 Å². The molecule has 0 saturated heterocycles. The van der Waals surface area contributed by atoms with E-state index in [-0.39, 0.29) is 0 Å². The molecule has 0 atom stereocenters. The van der Waals surface area contributed by atoms with Crippen LogP contribution in [0.15, 0.2) is 42.0 Å². The third-order valence-corrected chi connectivity index (χ3v) is 2.41. The van der Waals surface area contributed by atoms with Gasteiger partial charge in [0.05, 0.1) is 0 Å².